The Morgan fingerprint density at radius 2 is 2.20 bits per heavy atom. The number of nitro groups is 1. The van der Waals surface area contributed by atoms with Crippen LogP contribution in [0.1, 0.15) is 36.0 Å². The van der Waals surface area contributed by atoms with E-state index >= 15 is 0 Å². The van der Waals surface area contributed by atoms with E-state index in [1.165, 1.54) is 0 Å². The number of halogens is 1. The van der Waals surface area contributed by atoms with Crippen molar-refractivity contribution in [3.05, 3.63) is 33.1 Å². The second kappa shape index (κ2) is 5.43. The smallest absolute Gasteiger partial charge is 0.300 e. The third-order valence-corrected chi connectivity index (χ3v) is 3.52. The molecule has 0 aliphatic heterocycles. The molecule has 0 saturated heterocycles. The van der Waals surface area contributed by atoms with E-state index in [9.17, 15) is 20.2 Å². The van der Waals surface area contributed by atoms with E-state index < -0.39 is 22.1 Å². The van der Waals surface area contributed by atoms with Gasteiger partial charge in [-0.05, 0) is 31.7 Å². The zero-order chi connectivity index (χ0) is 14.8. The summed E-state index contributed by atoms with van der Waals surface area (Å²) in [6, 6.07) is 3.22. The number of nitrogens with one attached hydrogen (secondary N) is 1. The number of rotatable bonds is 3. The van der Waals surface area contributed by atoms with Gasteiger partial charge in [-0.25, -0.2) is 4.98 Å². The number of pyridine rings is 1. The van der Waals surface area contributed by atoms with Crippen LogP contribution in [-0.2, 0) is 0 Å². The molecule has 0 atom stereocenters. The number of aromatic nitrogens is 1. The summed E-state index contributed by atoms with van der Waals surface area (Å²) in [7, 11) is 0. The molecule has 104 valence electrons. The van der Waals surface area contributed by atoms with Crippen LogP contribution in [0.15, 0.2) is 12.3 Å². The highest BCUT2D eigenvalue weighted by atomic mass is 35.5. The first-order valence-electron chi connectivity index (χ1n) is 6.01. The lowest BCUT2D eigenvalue weighted by molar-refractivity contribution is -0.385. The van der Waals surface area contributed by atoms with Crippen LogP contribution in [0, 0.1) is 21.4 Å². The van der Waals surface area contributed by atoms with Gasteiger partial charge in [-0.3, -0.25) is 14.9 Å². The molecule has 0 radical (unpaired) electrons. The minimum atomic E-state index is -0.944. The minimum Gasteiger partial charge on any atom is -0.333 e. The lowest BCUT2D eigenvalue weighted by atomic mass is 9.99. The normalized spacial score (nSPS) is 16.4. The topological polar surface area (TPSA) is 109 Å². The van der Waals surface area contributed by atoms with E-state index in [-0.39, 0.29) is 10.7 Å². The summed E-state index contributed by atoms with van der Waals surface area (Å²) in [6.07, 6.45) is 3.70. The molecule has 1 saturated carbocycles. The third-order valence-electron chi connectivity index (χ3n) is 3.31. The van der Waals surface area contributed by atoms with Gasteiger partial charge in [0.25, 0.3) is 11.6 Å². The Kier molecular flexibility index (Phi) is 3.86. The molecule has 0 aromatic carbocycles. The van der Waals surface area contributed by atoms with Crippen molar-refractivity contribution in [1.82, 2.24) is 10.3 Å². The van der Waals surface area contributed by atoms with E-state index in [1.54, 1.807) is 0 Å². The molecule has 1 aromatic heterocycles. The van der Waals surface area contributed by atoms with Crippen LogP contribution >= 0.6 is 11.6 Å². The minimum absolute atomic E-state index is 0.0156. The van der Waals surface area contributed by atoms with Gasteiger partial charge in [0, 0.05) is 0 Å². The van der Waals surface area contributed by atoms with Crippen LogP contribution in [0.2, 0.25) is 5.15 Å². The Bertz CT molecular complexity index is 605. The average Bonchev–Trinajstić information content (AvgIpc) is 2.87. The van der Waals surface area contributed by atoms with Gasteiger partial charge in [0.1, 0.15) is 22.5 Å². The van der Waals surface area contributed by atoms with Crippen molar-refractivity contribution in [2.24, 2.45) is 0 Å². The summed E-state index contributed by atoms with van der Waals surface area (Å²) in [6.45, 7) is 0. The fourth-order valence-electron chi connectivity index (χ4n) is 2.28. The van der Waals surface area contributed by atoms with Crippen molar-refractivity contribution < 1.29 is 9.72 Å². The highest BCUT2D eigenvalue weighted by Crippen LogP contribution is 2.30. The van der Waals surface area contributed by atoms with E-state index in [2.05, 4.69) is 16.4 Å². The monoisotopic (exact) mass is 294 g/mol. The van der Waals surface area contributed by atoms with Crippen LogP contribution in [0.5, 0.6) is 0 Å². The lowest BCUT2D eigenvalue weighted by Crippen LogP contribution is -2.45. The number of amides is 1. The number of hydrogen-bond acceptors (Lipinski definition) is 5. The molecule has 0 spiro atoms. The predicted octanol–water partition coefficient (Wildman–Crippen LogP) is 2.21. The molecule has 1 fully saturated rings. The average molecular weight is 295 g/mol. The Morgan fingerprint density at radius 1 is 1.55 bits per heavy atom. The molecule has 1 aliphatic carbocycles. The second-order valence-corrected chi connectivity index (χ2v) is 5.02. The van der Waals surface area contributed by atoms with Gasteiger partial charge in [-0.15, -0.1) is 0 Å². The van der Waals surface area contributed by atoms with Crippen LogP contribution < -0.4 is 5.32 Å². The SMILES string of the molecule is N#CC1(NC(=O)c2cc(Cl)ncc2[N+](=O)[O-])CCCC1. The standard InChI is InChI=1S/C12H11ClN4O3/c13-10-5-8(9(6-15-10)17(19)20)11(18)16-12(7-14)3-1-2-4-12/h5-6H,1-4H2,(H,16,18). The highest BCUT2D eigenvalue weighted by molar-refractivity contribution is 6.29. The molecule has 1 amide bonds. The first-order valence-corrected chi connectivity index (χ1v) is 6.39. The fourth-order valence-corrected chi connectivity index (χ4v) is 2.44. The van der Waals surface area contributed by atoms with Crippen molar-refractivity contribution in [1.29, 1.82) is 5.26 Å². The van der Waals surface area contributed by atoms with Crippen LogP contribution in [0.3, 0.4) is 0 Å². The molecule has 8 heteroatoms. The number of nitriles is 1. The van der Waals surface area contributed by atoms with Gasteiger partial charge in [-0.2, -0.15) is 5.26 Å². The van der Waals surface area contributed by atoms with Crippen molar-refractivity contribution in [3.63, 3.8) is 0 Å². The predicted molar refractivity (Wildman–Crippen MR) is 70.2 cm³/mol. The Labute approximate surface area is 119 Å². The zero-order valence-electron chi connectivity index (χ0n) is 10.4. The molecule has 1 aliphatic rings. The van der Waals surface area contributed by atoms with Crippen molar-refractivity contribution in [2.45, 2.75) is 31.2 Å². The first-order chi connectivity index (χ1) is 9.47. The molecule has 1 aromatic rings. The molecule has 0 bridgehead atoms. The van der Waals surface area contributed by atoms with Crippen molar-refractivity contribution in [3.8, 4) is 6.07 Å². The van der Waals surface area contributed by atoms with E-state index in [0.29, 0.717) is 12.8 Å². The number of nitrogens with zero attached hydrogens (tertiary/aromatic N) is 3. The van der Waals surface area contributed by atoms with Crippen molar-refractivity contribution in [2.75, 3.05) is 0 Å². The maximum atomic E-state index is 12.2. The van der Waals surface area contributed by atoms with E-state index in [1.807, 2.05) is 0 Å². The summed E-state index contributed by atoms with van der Waals surface area (Å²) >= 11 is 5.67. The molecular formula is C12H11ClN4O3. The molecular weight excluding hydrogens is 284 g/mol. The summed E-state index contributed by atoms with van der Waals surface area (Å²) < 4.78 is 0. The quantitative estimate of drug-likeness (QED) is 0.522. The summed E-state index contributed by atoms with van der Waals surface area (Å²) in [5, 5.41) is 22.7. The van der Waals surface area contributed by atoms with E-state index in [4.69, 9.17) is 11.6 Å². The molecule has 0 unspecified atom stereocenters. The number of carbonyl (C=O) groups is 1. The molecule has 2 rings (SSSR count). The van der Waals surface area contributed by atoms with Crippen LogP contribution in [0.25, 0.3) is 0 Å². The van der Waals surface area contributed by atoms with Crippen LogP contribution in [0.4, 0.5) is 5.69 Å². The van der Waals surface area contributed by atoms with Gasteiger partial charge in [-0.1, -0.05) is 11.6 Å². The number of carbonyl (C=O) groups excluding carboxylic acids is 1. The summed E-state index contributed by atoms with van der Waals surface area (Å²) in [5.41, 5.74) is -1.56. The number of hydrogen-bond donors (Lipinski definition) is 1. The van der Waals surface area contributed by atoms with Gasteiger partial charge in [0.05, 0.1) is 11.0 Å². The summed E-state index contributed by atoms with van der Waals surface area (Å²) in [4.78, 5) is 26.0. The fraction of sp³-hybridized carbons (Fsp3) is 0.417. The largest absolute Gasteiger partial charge is 0.333 e. The summed E-state index contributed by atoms with van der Waals surface area (Å²) in [5.74, 6) is -0.676. The molecule has 1 heterocycles. The van der Waals surface area contributed by atoms with Crippen molar-refractivity contribution >= 4 is 23.2 Å². The molecule has 7 nitrogen and oxygen atoms in total. The maximum Gasteiger partial charge on any atom is 0.300 e. The van der Waals surface area contributed by atoms with Gasteiger partial charge >= 0.3 is 0 Å². The van der Waals surface area contributed by atoms with Gasteiger partial charge in [0.2, 0.25) is 0 Å². The molecule has 1 N–H and O–H groups in total. The lowest BCUT2D eigenvalue weighted by Gasteiger charge is -2.21. The Hall–Kier alpha value is -2.20. The third kappa shape index (κ3) is 2.70. The Balaban J connectivity index is 2.32. The molecule has 20 heavy (non-hydrogen) atoms. The van der Waals surface area contributed by atoms with E-state index in [0.717, 1.165) is 25.1 Å². The Morgan fingerprint density at radius 3 is 2.75 bits per heavy atom. The second-order valence-electron chi connectivity index (χ2n) is 4.64. The van der Waals surface area contributed by atoms with Gasteiger partial charge < -0.3 is 5.32 Å². The maximum absolute atomic E-state index is 12.2. The zero-order valence-corrected chi connectivity index (χ0v) is 11.2. The van der Waals surface area contributed by atoms with Gasteiger partial charge in [0.15, 0.2) is 0 Å². The first kappa shape index (κ1) is 14.2. The highest BCUT2D eigenvalue weighted by Gasteiger charge is 2.37. The van der Waals surface area contributed by atoms with Crippen LogP contribution in [-0.4, -0.2) is 21.4 Å².